The van der Waals surface area contributed by atoms with Crippen molar-refractivity contribution in [1.82, 2.24) is 0 Å². The summed E-state index contributed by atoms with van der Waals surface area (Å²) in [4.78, 5) is 11.6. The van der Waals surface area contributed by atoms with Crippen molar-refractivity contribution in [3.8, 4) is 0 Å². The van der Waals surface area contributed by atoms with Gasteiger partial charge in [-0.15, -0.1) is 11.3 Å². The molecule has 21 heavy (non-hydrogen) atoms. The average molecular weight is 390 g/mol. The SMILES string of the molecule is CCOC(=O)c1ccc(NS(=O)(=O)c2cccs2)c(Br)c1. The minimum Gasteiger partial charge on any atom is -0.462 e. The maximum atomic E-state index is 12.1. The summed E-state index contributed by atoms with van der Waals surface area (Å²) < 4.78 is 32.3. The number of carbonyl (C=O) groups excluding carboxylic acids is 1. The van der Waals surface area contributed by atoms with Crippen LogP contribution in [-0.2, 0) is 14.8 Å². The first-order valence-electron chi connectivity index (χ1n) is 5.97. The Kier molecular flexibility index (Phi) is 5.02. The molecule has 8 heteroatoms. The third-order valence-electron chi connectivity index (χ3n) is 2.48. The van der Waals surface area contributed by atoms with E-state index in [1.54, 1.807) is 18.4 Å². The summed E-state index contributed by atoms with van der Waals surface area (Å²) in [6.45, 7) is 2.00. The number of benzene rings is 1. The van der Waals surface area contributed by atoms with Gasteiger partial charge in [-0.25, -0.2) is 13.2 Å². The minimum absolute atomic E-state index is 0.226. The van der Waals surface area contributed by atoms with Gasteiger partial charge in [0.25, 0.3) is 10.0 Å². The number of hydrogen-bond donors (Lipinski definition) is 1. The van der Waals surface area contributed by atoms with Gasteiger partial charge in [0.05, 0.1) is 17.9 Å². The Bertz CT molecular complexity index is 742. The minimum atomic E-state index is -3.61. The van der Waals surface area contributed by atoms with Crippen LogP contribution in [0, 0.1) is 0 Å². The van der Waals surface area contributed by atoms with Gasteiger partial charge in [-0.05, 0) is 52.5 Å². The van der Waals surface area contributed by atoms with Crippen LogP contribution in [0.4, 0.5) is 5.69 Å². The molecule has 0 aliphatic heterocycles. The second kappa shape index (κ2) is 6.59. The van der Waals surface area contributed by atoms with E-state index in [0.717, 1.165) is 11.3 Å². The van der Waals surface area contributed by atoms with E-state index in [-0.39, 0.29) is 10.8 Å². The molecule has 0 saturated heterocycles. The molecule has 5 nitrogen and oxygen atoms in total. The van der Waals surface area contributed by atoms with Crippen molar-refractivity contribution < 1.29 is 17.9 Å². The molecule has 0 atom stereocenters. The van der Waals surface area contributed by atoms with E-state index < -0.39 is 16.0 Å². The third-order valence-corrected chi connectivity index (χ3v) is 5.90. The molecule has 0 fully saturated rings. The predicted molar refractivity (Wildman–Crippen MR) is 85.2 cm³/mol. The Balaban J connectivity index is 2.24. The largest absolute Gasteiger partial charge is 0.462 e. The molecule has 1 N–H and O–H groups in total. The average Bonchev–Trinajstić information content (AvgIpc) is 2.96. The summed E-state index contributed by atoms with van der Waals surface area (Å²) in [7, 11) is -3.61. The van der Waals surface area contributed by atoms with E-state index in [1.165, 1.54) is 24.3 Å². The maximum absolute atomic E-state index is 12.1. The van der Waals surface area contributed by atoms with Crippen LogP contribution in [-0.4, -0.2) is 21.0 Å². The number of carbonyl (C=O) groups is 1. The molecule has 0 spiro atoms. The molecule has 1 aromatic heterocycles. The molecule has 0 amide bonds. The highest BCUT2D eigenvalue weighted by molar-refractivity contribution is 9.10. The van der Waals surface area contributed by atoms with E-state index in [2.05, 4.69) is 20.7 Å². The van der Waals surface area contributed by atoms with Crippen LogP contribution in [0.2, 0.25) is 0 Å². The molecule has 2 rings (SSSR count). The molecule has 2 aromatic rings. The standard InChI is InChI=1S/C13H12BrNO4S2/c1-2-19-13(16)9-5-6-11(10(14)8-9)15-21(17,18)12-4-3-7-20-12/h3-8,15H,2H2,1H3. The van der Waals surface area contributed by atoms with E-state index in [4.69, 9.17) is 4.74 Å². The molecule has 0 radical (unpaired) electrons. The van der Waals surface area contributed by atoms with E-state index in [1.807, 2.05) is 0 Å². The lowest BCUT2D eigenvalue weighted by molar-refractivity contribution is 0.0526. The van der Waals surface area contributed by atoms with Crippen molar-refractivity contribution in [2.75, 3.05) is 11.3 Å². The van der Waals surface area contributed by atoms with E-state index in [9.17, 15) is 13.2 Å². The molecule has 1 aromatic carbocycles. The summed E-state index contributed by atoms with van der Waals surface area (Å²) in [6, 6.07) is 7.73. The fourth-order valence-corrected chi connectivity index (χ4v) is 4.23. The maximum Gasteiger partial charge on any atom is 0.338 e. The molecule has 1 heterocycles. The first-order valence-corrected chi connectivity index (χ1v) is 9.12. The van der Waals surface area contributed by atoms with Crippen LogP contribution in [0.5, 0.6) is 0 Å². The summed E-state index contributed by atoms with van der Waals surface area (Å²) >= 11 is 4.38. The van der Waals surface area contributed by atoms with Crippen LogP contribution in [0.1, 0.15) is 17.3 Å². The number of esters is 1. The molecule has 112 valence electrons. The highest BCUT2D eigenvalue weighted by Gasteiger charge is 2.17. The molecule has 0 aliphatic rings. The Morgan fingerprint density at radius 2 is 2.14 bits per heavy atom. The number of rotatable bonds is 5. The van der Waals surface area contributed by atoms with Crippen LogP contribution in [0.15, 0.2) is 44.4 Å². The highest BCUT2D eigenvalue weighted by Crippen LogP contribution is 2.27. The summed E-state index contributed by atoms with van der Waals surface area (Å²) in [5.41, 5.74) is 0.708. The molecule has 0 saturated carbocycles. The van der Waals surface area contributed by atoms with Gasteiger partial charge in [0, 0.05) is 4.47 Å². The van der Waals surface area contributed by atoms with Crippen molar-refractivity contribution in [3.63, 3.8) is 0 Å². The Labute approximate surface area is 135 Å². The van der Waals surface area contributed by atoms with E-state index in [0.29, 0.717) is 15.7 Å². The van der Waals surface area contributed by atoms with Crippen molar-refractivity contribution in [2.24, 2.45) is 0 Å². The molecule has 0 bridgehead atoms. The van der Waals surface area contributed by atoms with Gasteiger partial charge in [0.1, 0.15) is 4.21 Å². The van der Waals surface area contributed by atoms with Gasteiger partial charge in [-0.2, -0.15) is 0 Å². The number of hydrogen-bond acceptors (Lipinski definition) is 5. The first-order chi connectivity index (χ1) is 9.94. The fourth-order valence-electron chi connectivity index (χ4n) is 1.55. The van der Waals surface area contributed by atoms with Crippen LogP contribution >= 0.6 is 27.3 Å². The number of sulfonamides is 1. The van der Waals surface area contributed by atoms with Crippen molar-refractivity contribution >= 4 is 48.9 Å². The monoisotopic (exact) mass is 389 g/mol. The fraction of sp³-hybridized carbons (Fsp3) is 0.154. The Hall–Kier alpha value is -1.38. The van der Waals surface area contributed by atoms with Crippen LogP contribution < -0.4 is 4.72 Å². The zero-order valence-corrected chi connectivity index (χ0v) is 14.2. The molecular formula is C13H12BrNO4S2. The molecule has 0 aliphatic carbocycles. The zero-order chi connectivity index (χ0) is 15.5. The Morgan fingerprint density at radius 1 is 1.38 bits per heavy atom. The smallest absolute Gasteiger partial charge is 0.338 e. The van der Waals surface area contributed by atoms with Gasteiger partial charge in [0.2, 0.25) is 0 Å². The van der Waals surface area contributed by atoms with Gasteiger partial charge in [-0.1, -0.05) is 6.07 Å². The third kappa shape index (κ3) is 3.84. The number of ether oxygens (including phenoxy) is 1. The van der Waals surface area contributed by atoms with Crippen molar-refractivity contribution in [1.29, 1.82) is 0 Å². The van der Waals surface area contributed by atoms with Crippen molar-refractivity contribution in [3.05, 3.63) is 45.7 Å². The number of anilines is 1. The van der Waals surface area contributed by atoms with Gasteiger partial charge in [-0.3, -0.25) is 4.72 Å². The second-order valence-electron chi connectivity index (χ2n) is 3.95. The quantitative estimate of drug-likeness (QED) is 0.794. The predicted octanol–water partition coefficient (Wildman–Crippen LogP) is 3.49. The number of halogens is 1. The lowest BCUT2D eigenvalue weighted by Crippen LogP contribution is -2.12. The lowest BCUT2D eigenvalue weighted by atomic mass is 10.2. The van der Waals surface area contributed by atoms with Crippen LogP contribution in [0.25, 0.3) is 0 Å². The summed E-state index contributed by atoms with van der Waals surface area (Å²) in [6.07, 6.45) is 0. The van der Waals surface area contributed by atoms with Crippen LogP contribution in [0.3, 0.4) is 0 Å². The number of nitrogens with one attached hydrogen (secondary N) is 1. The summed E-state index contributed by atoms with van der Waals surface area (Å²) in [5, 5.41) is 1.69. The highest BCUT2D eigenvalue weighted by atomic mass is 79.9. The first kappa shape index (κ1) is 16.0. The van der Waals surface area contributed by atoms with Crippen molar-refractivity contribution in [2.45, 2.75) is 11.1 Å². The topological polar surface area (TPSA) is 72.5 Å². The lowest BCUT2D eigenvalue weighted by Gasteiger charge is -2.09. The van der Waals surface area contributed by atoms with Gasteiger partial charge < -0.3 is 4.74 Å². The Morgan fingerprint density at radius 3 is 2.71 bits per heavy atom. The normalized spacial score (nSPS) is 11.1. The zero-order valence-electron chi connectivity index (χ0n) is 11.0. The van der Waals surface area contributed by atoms with Gasteiger partial charge >= 0.3 is 5.97 Å². The second-order valence-corrected chi connectivity index (χ2v) is 7.66. The molecule has 0 unspecified atom stereocenters. The molecular weight excluding hydrogens is 378 g/mol. The van der Waals surface area contributed by atoms with E-state index >= 15 is 0 Å². The number of thiophene rings is 1. The summed E-state index contributed by atoms with van der Waals surface area (Å²) in [5.74, 6) is -0.453. The van der Waals surface area contributed by atoms with Gasteiger partial charge in [0.15, 0.2) is 0 Å².